The number of aromatic amines is 1. The van der Waals surface area contributed by atoms with Crippen molar-refractivity contribution in [3.8, 4) is 0 Å². The van der Waals surface area contributed by atoms with Crippen LogP contribution in [-0.2, 0) is 0 Å². The lowest BCUT2D eigenvalue weighted by molar-refractivity contribution is -0.000698. The lowest BCUT2D eigenvalue weighted by Crippen LogP contribution is -2.37. The van der Waals surface area contributed by atoms with Crippen molar-refractivity contribution in [2.75, 3.05) is 6.54 Å². The molecule has 100 valence electrons. The summed E-state index contributed by atoms with van der Waals surface area (Å²) in [6, 6.07) is 0.556. The van der Waals surface area contributed by atoms with Crippen molar-refractivity contribution < 1.29 is 15.4 Å². The highest BCUT2D eigenvalue weighted by Crippen LogP contribution is 2.33. The third kappa shape index (κ3) is 2.23. The van der Waals surface area contributed by atoms with Crippen LogP contribution in [0.4, 0.5) is 0 Å². The van der Waals surface area contributed by atoms with Crippen molar-refractivity contribution in [2.24, 2.45) is 5.92 Å². The molecule has 0 unspecified atom stereocenters. The Kier molecular flexibility index (Phi) is 3.62. The first-order valence-electron chi connectivity index (χ1n) is 5.59. The van der Waals surface area contributed by atoms with E-state index in [2.05, 4.69) is 4.98 Å². The maximum Gasteiger partial charge on any atom is 0.328 e. The van der Waals surface area contributed by atoms with E-state index in [1.165, 1.54) is 16.8 Å². The Balaban J connectivity index is 2.29. The van der Waals surface area contributed by atoms with Crippen molar-refractivity contribution in [3.63, 3.8) is 0 Å². The zero-order chi connectivity index (χ0) is 13.3. The Bertz CT molecular complexity index is 525. The summed E-state index contributed by atoms with van der Waals surface area (Å²) in [5, 5.41) is 28.3. The van der Waals surface area contributed by atoms with E-state index in [0.29, 0.717) is 6.42 Å². The predicted octanol–water partition coefficient (Wildman–Crippen LogP) is -2.20. The van der Waals surface area contributed by atoms with E-state index >= 15 is 0 Å². The molecule has 18 heavy (non-hydrogen) atoms. The summed E-state index contributed by atoms with van der Waals surface area (Å²) in [5.41, 5.74) is 0.796. The van der Waals surface area contributed by atoms with Crippen LogP contribution in [0.5, 0.6) is 0 Å². The first-order chi connectivity index (χ1) is 8.54. The van der Waals surface area contributed by atoms with E-state index in [4.69, 9.17) is 5.21 Å². The summed E-state index contributed by atoms with van der Waals surface area (Å²) in [6.45, 7) is 0.118. The summed E-state index contributed by atoms with van der Waals surface area (Å²) in [5.74, 6) is -0.367. The molecule has 5 N–H and O–H groups in total. The minimum atomic E-state index is -1.12. The minimum Gasteiger partial charge on any atom is -0.390 e. The average Bonchev–Trinajstić information content (AvgIpc) is 2.58. The molecule has 1 aliphatic rings. The van der Waals surface area contributed by atoms with E-state index in [-0.39, 0.29) is 12.5 Å². The Morgan fingerprint density at radius 2 is 2.11 bits per heavy atom. The zero-order valence-corrected chi connectivity index (χ0v) is 9.48. The number of nitrogens with zero attached hydrogens (tertiary/aromatic N) is 1. The number of H-pyrrole nitrogens is 1. The standard InChI is InChI=1S/C10H15N3O5/c14-7-1-2-13(10(17)12-7)6-3-5(4-11-18)8(15)9(6)16/h1-2,5-6,8-9,11,15-16,18H,3-4H2,(H,12,14,17)/t5-,6-,8-,9+/m1/s1. The van der Waals surface area contributed by atoms with Gasteiger partial charge >= 0.3 is 5.69 Å². The highest BCUT2D eigenvalue weighted by atomic mass is 16.5. The molecule has 0 aromatic carbocycles. The Labute approximate surface area is 101 Å². The van der Waals surface area contributed by atoms with Gasteiger partial charge in [-0.05, 0) is 6.42 Å². The molecule has 1 saturated carbocycles. The van der Waals surface area contributed by atoms with Crippen LogP contribution in [0, 0.1) is 5.92 Å². The number of aliphatic hydroxyl groups excluding tert-OH is 2. The van der Waals surface area contributed by atoms with Gasteiger partial charge in [-0.3, -0.25) is 14.3 Å². The Hall–Kier alpha value is -1.48. The molecule has 0 aliphatic heterocycles. The lowest BCUT2D eigenvalue weighted by atomic mass is 10.1. The highest BCUT2D eigenvalue weighted by Gasteiger charge is 2.42. The molecule has 8 heteroatoms. The summed E-state index contributed by atoms with van der Waals surface area (Å²) in [7, 11) is 0. The molecule has 0 amide bonds. The average molecular weight is 257 g/mol. The maximum absolute atomic E-state index is 11.6. The van der Waals surface area contributed by atoms with Crippen LogP contribution in [0.2, 0.25) is 0 Å². The van der Waals surface area contributed by atoms with Gasteiger partial charge in [0.15, 0.2) is 0 Å². The zero-order valence-electron chi connectivity index (χ0n) is 9.48. The van der Waals surface area contributed by atoms with E-state index in [1.807, 2.05) is 5.48 Å². The van der Waals surface area contributed by atoms with Crippen LogP contribution < -0.4 is 16.7 Å². The van der Waals surface area contributed by atoms with Crippen LogP contribution in [0.3, 0.4) is 0 Å². The number of hydrogen-bond donors (Lipinski definition) is 5. The number of nitrogens with one attached hydrogen (secondary N) is 2. The number of hydroxylamine groups is 1. The Morgan fingerprint density at radius 1 is 1.39 bits per heavy atom. The maximum atomic E-state index is 11.6. The molecule has 0 saturated heterocycles. The second kappa shape index (κ2) is 5.02. The molecule has 2 rings (SSSR count). The number of hydrogen-bond acceptors (Lipinski definition) is 6. The van der Waals surface area contributed by atoms with Gasteiger partial charge in [0.25, 0.3) is 5.56 Å². The van der Waals surface area contributed by atoms with Crippen molar-refractivity contribution >= 4 is 0 Å². The van der Waals surface area contributed by atoms with Crippen LogP contribution >= 0.6 is 0 Å². The molecule has 1 aromatic rings. The van der Waals surface area contributed by atoms with Gasteiger partial charge in [0.05, 0.1) is 12.1 Å². The molecule has 8 nitrogen and oxygen atoms in total. The van der Waals surface area contributed by atoms with Gasteiger partial charge in [0.1, 0.15) is 6.10 Å². The number of aromatic nitrogens is 2. The third-order valence-corrected chi connectivity index (χ3v) is 3.33. The second-order valence-electron chi connectivity index (χ2n) is 4.42. The molecule has 4 atom stereocenters. The fourth-order valence-corrected chi connectivity index (χ4v) is 2.38. The fraction of sp³-hybridized carbons (Fsp3) is 0.600. The van der Waals surface area contributed by atoms with Gasteiger partial charge in [0.2, 0.25) is 0 Å². The van der Waals surface area contributed by atoms with Crippen LogP contribution in [0.25, 0.3) is 0 Å². The minimum absolute atomic E-state index is 0.118. The molecular weight excluding hydrogens is 242 g/mol. The van der Waals surface area contributed by atoms with Crippen molar-refractivity contribution in [2.45, 2.75) is 24.7 Å². The summed E-state index contributed by atoms with van der Waals surface area (Å²) in [4.78, 5) is 24.6. The highest BCUT2D eigenvalue weighted by molar-refractivity contribution is 4.97. The SMILES string of the molecule is O=c1ccn([C@@H]2C[C@H](CNO)[C@@H](O)[C@H]2O)c(=O)[nH]1. The summed E-state index contributed by atoms with van der Waals surface area (Å²) in [6.07, 6.45) is -0.543. The predicted molar refractivity (Wildman–Crippen MR) is 60.3 cm³/mol. The van der Waals surface area contributed by atoms with Gasteiger partial charge in [-0.1, -0.05) is 0 Å². The van der Waals surface area contributed by atoms with Gasteiger partial charge < -0.3 is 15.4 Å². The smallest absolute Gasteiger partial charge is 0.328 e. The molecule has 1 fully saturated rings. The summed E-state index contributed by atoms with van der Waals surface area (Å²) >= 11 is 0. The second-order valence-corrected chi connectivity index (χ2v) is 4.42. The molecule has 1 aromatic heterocycles. The van der Waals surface area contributed by atoms with Gasteiger partial charge in [-0.15, -0.1) is 0 Å². The van der Waals surface area contributed by atoms with Crippen molar-refractivity contribution in [3.05, 3.63) is 33.1 Å². The first kappa shape index (κ1) is 13.0. The van der Waals surface area contributed by atoms with Crippen molar-refractivity contribution in [1.82, 2.24) is 15.0 Å². The van der Waals surface area contributed by atoms with E-state index in [0.717, 1.165) is 0 Å². The Morgan fingerprint density at radius 3 is 2.72 bits per heavy atom. The molecular formula is C10H15N3O5. The topological polar surface area (TPSA) is 128 Å². The molecule has 0 radical (unpaired) electrons. The largest absolute Gasteiger partial charge is 0.390 e. The van der Waals surface area contributed by atoms with Crippen LogP contribution in [0.15, 0.2) is 21.9 Å². The molecule has 0 spiro atoms. The molecule has 0 bridgehead atoms. The van der Waals surface area contributed by atoms with E-state index in [9.17, 15) is 19.8 Å². The van der Waals surface area contributed by atoms with Gasteiger partial charge in [-0.2, -0.15) is 0 Å². The van der Waals surface area contributed by atoms with Crippen LogP contribution in [-0.4, -0.2) is 43.7 Å². The normalized spacial score (nSPS) is 31.7. The van der Waals surface area contributed by atoms with Gasteiger partial charge in [0, 0.05) is 24.7 Å². The van der Waals surface area contributed by atoms with Gasteiger partial charge in [-0.25, -0.2) is 10.3 Å². The molecule has 1 heterocycles. The van der Waals surface area contributed by atoms with Crippen molar-refractivity contribution in [1.29, 1.82) is 0 Å². The van der Waals surface area contributed by atoms with E-state index in [1.54, 1.807) is 0 Å². The number of rotatable bonds is 3. The van der Waals surface area contributed by atoms with Crippen LogP contribution in [0.1, 0.15) is 12.5 Å². The summed E-state index contributed by atoms with van der Waals surface area (Å²) < 4.78 is 1.19. The van der Waals surface area contributed by atoms with E-state index < -0.39 is 29.5 Å². The first-order valence-corrected chi connectivity index (χ1v) is 5.59. The quantitative estimate of drug-likeness (QED) is 0.391. The number of aliphatic hydroxyl groups is 2. The molecule has 1 aliphatic carbocycles. The monoisotopic (exact) mass is 257 g/mol. The lowest BCUT2D eigenvalue weighted by Gasteiger charge is -2.18. The fourth-order valence-electron chi connectivity index (χ4n) is 2.38. The third-order valence-electron chi connectivity index (χ3n) is 3.33.